The molecule has 5 heteroatoms. The number of ether oxygens (including phenoxy) is 1. The van der Waals surface area contributed by atoms with Crippen molar-refractivity contribution in [2.24, 2.45) is 0 Å². The molecule has 3 nitrogen and oxygen atoms in total. The van der Waals surface area contributed by atoms with E-state index in [0.717, 1.165) is 6.07 Å². The fourth-order valence-electron chi connectivity index (χ4n) is 1.48. The molecular formula is C12H17F2NO2. The van der Waals surface area contributed by atoms with Gasteiger partial charge in [-0.15, -0.1) is 0 Å². The zero-order valence-corrected chi connectivity index (χ0v) is 9.75. The van der Waals surface area contributed by atoms with Gasteiger partial charge in [0.15, 0.2) is 0 Å². The Morgan fingerprint density at radius 1 is 1.35 bits per heavy atom. The molecule has 1 aromatic rings. The van der Waals surface area contributed by atoms with Gasteiger partial charge in [0.05, 0.1) is 19.8 Å². The average Bonchev–Trinajstić information content (AvgIpc) is 2.28. The Hall–Kier alpha value is -1.04. The number of benzene rings is 1. The van der Waals surface area contributed by atoms with Gasteiger partial charge in [-0.05, 0) is 13.0 Å². The van der Waals surface area contributed by atoms with Crippen LogP contribution in [0.15, 0.2) is 18.2 Å². The molecular weight excluding hydrogens is 228 g/mol. The molecule has 0 saturated heterocycles. The van der Waals surface area contributed by atoms with Crippen molar-refractivity contribution in [1.82, 2.24) is 5.32 Å². The summed E-state index contributed by atoms with van der Waals surface area (Å²) >= 11 is 0. The second-order valence-corrected chi connectivity index (χ2v) is 3.68. The van der Waals surface area contributed by atoms with E-state index in [2.05, 4.69) is 5.32 Å². The zero-order chi connectivity index (χ0) is 12.7. The van der Waals surface area contributed by atoms with Crippen LogP contribution in [0.4, 0.5) is 8.78 Å². The molecule has 0 aromatic heterocycles. The van der Waals surface area contributed by atoms with Crippen molar-refractivity contribution in [3.63, 3.8) is 0 Å². The van der Waals surface area contributed by atoms with Crippen LogP contribution in [-0.4, -0.2) is 31.5 Å². The highest BCUT2D eigenvalue weighted by Gasteiger charge is 2.10. The number of rotatable bonds is 7. The number of aliphatic hydroxyl groups is 1. The molecule has 1 atom stereocenters. The van der Waals surface area contributed by atoms with Crippen LogP contribution in [-0.2, 0) is 4.74 Å². The Balaban J connectivity index is 2.38. The summed E-state index contributed by atoms with van der Waals surface area (Å²) in [7, 11) is 0. The van der Waals surface area contributed by atoms with Crippen molar-refractivity contribution in [2.75, 3.05) is 26.4 Å². The Kier molecular flexibility index (Phi) is 6.04. The molecule has 1 aromatic carbocycles. The van der Waals surface area contributed by atoms with Crippen LogP contribution < -0.4 is 5.32 Å². The standard InChI is InChI=1S/C12H17F2NO2/c1-9(15-4-6-17-7-5-16)11-3-2-10(13)8-12(11)14/h2-3,8-9,15-16H,4-7H2,1H3. The Morgan fingerprint density at radius 3 is 2.76 bits per heavy atom. The van der Waals surface area contributed by atoms with Crippen LogP contribution in [0, 0.1) is 11.6 Å². The fourth-order valence-corrected chi connectivity index (χ4v) is 1.48. The molecule has 17 heavy (non-hydrogen) atoms. The predicted octanol–water partition coefficient (Wildman–Crippen LogP) is 1.62. The summed E-state index contributed by atoms with van der Waals surface area (Å²) in [5, 5.41) is 11.5. The van der Waals surface area contributed by atoms with E-state index < -0.39 is 11.6 Å². The monoisotopic (exact) mass is 245 g/mol. The summed E-state index contributed by atoms with van der Waals surface area (Å²) in [5.74, 6) is -1.13. The smallest absolute Gasteiger partial charge is 0.130 e. The van der Waals surface area contributed by atoms with Crippen LogP contribution in [0.3, 0.4) is 0 Å². The lowest BCUT2D eigenvalue weighted by molar-refractivity contribution is 0.0928. The third kappa shape index (κ3) is 4.77. The maximum Gasteiger partial charge on any atom is 0.130 e. The first-order valence-electron chi connectivity index (χ1n) is 5.52. The lowest BCUT2D eigenvalue weighted by atomic mass is 10.1. The molecule has 0 aliphatic heterocycles. The Bertz CT molecular complexity index is 347. The highest BCUT2D eigenvalue weighted by atomic mass is 19.1. The van der Waals surface area contributed by atoms with Gasteiger partial charge in [0.2, 0.25) is 0 Å². The minimum absolute atomic E-state index is 0.0118. The first-order chi connectivity index (χ1) is 8.15. The highest BCUT2D eigenvalue weighted by Crippen LogP contribution is 2.17. The molecule has 0 aliphatic rings. The molecule has 0 heterocycles. The van der Waals surface area contributed by atoms with Gasteiger partial charge in [0, 0.05) is 24.2 Å². The maximum absolute atomic E-state index is 13.4. The third-order valence-electron chi connectivity index (χ3n) is 2.36. The molecule has 1 unspecified atom stereocenters. The van der Waals surface area contributed by atoms with E-state index in [-0.39, 0.29) is 12.6 Å². The number of nitrogens with one attached hydrogen (secondary N) is 1. The third-order valence-corrected chi connectivity index (χ3v) is 2.36. The summed E-state index contributed by atoms with van der Waals surface area (Å²) in [4.78, 5) is 0. The highest BCUT2D eigenvalue weighted by molar-refractivity contribution is 5.21. The van der Waals surface area contributed by atoms with Crippen molar-refractivity contribution >= 4 is 0 Å². The second-order valence-electron chi connectivity index (χ2n) is 3.68. The minimum Gasteiger partial charge on any atom is -0.394 e. The summed E-state index contributed by atoms with van der Waals surface area (Å²) in [6, 6.07) is 3.32. The molecule has 0 fully saturated rings. The Labute approximate surface area is 99.4 Å². The quantitative estimate of drug-likeness (QED) is 0.717. The van der Waals surface area contributed by atoms with Gasteiger partial charge < -0.3 is 15.2 Å². The molecule has 0 radical (unpaired) electrons. The average molecular weight is 245 g/mol. The van der Waals surface area contributed by atoms with E-state index in [1.807, 2.05) is 0 Å². The van der Waals surface area contributed by atoms with E-state index in [1.54, 1.807) is 6.92 Å². The lowest BCUT2D eigenvalue weighted by Gasteiger charge is -2.15. The van der Waals surface area contributed by atoms with Gasteiger partial charge in [-0.2, -0.15) is 0 Å². The fraction of sp³-hybridized carbons (Fsp3) is 0.500. The second kappa shape index (κ2) is 7.32. The van der Waals surface area contributed by atoms with Gasteiger partial charge >= 0.3 is 0 Å². The topological polar surface area (TPSA) is 41.5 Å². The molecule has 0 saturated carbocycles. The zero-order valence-electron chi connectivity index (χ0n) is 9.75. The summed E-state index contributed by atoms with van der Waals surface area (Å²) in [6.07, 6.45) is 0. The van der Waals surface area contributed by atoms with Crippen molar-refractivity contribution in [1.29, 1.82) is 0 Å². The van der Waals surface area contributed by atoms with Crippen molar-refractivity contribution in [3.05, 3.63) is 35.4 Å². The SMILES string of the molecule is CC(NCCOCCO)c1ccc(F)cc1F. The summed E-state index contributed by atoms with van der Waals surface area (Å²) in [5.41, 5.74) is 0.425. The van der Waals surface area contributed by atoms with Crippen molar-refractivity contribution in [3.8, 4) is 0 Å². The molecule has 0 spiro atoms. The van der Waals surface area contributed by atoms with E-state index >= 15 is 0 Å². The summed E-state index contributed by atoms with van der Waals surface area (Å²) < 4.78 is 31.1. The van der Waals surface area contributed by atoms with Crippen LogP contribution in [0.2, 0.25) is 0 Å². The van der Waals surface area contributed by atoms with E-state index in [9.17, 15) is 8.78 Å². The van der Waals surface area contributed by atoms with Crippen LogP contribution in [0.1, 0.15) is 18.5 Å². The minimum atomic E-state index is -0.579. The molecule has 2 N–H and O–H groups in total. The number of aliphatic hydroxyl groups excluding tert-OH is 1. The number of hydrogen-bond acceptors (Lipinski definition) is 3. The van der Waals surface area contributed by atoms with Crippen LogP contribution >= 0.6 is 0 Å². The van der Waals surface area contributed by atoms with Crippen molar-refractivity contribution in [2.45, 2.75) is 13.0 Å². The van der Waals surface area contributed by atoms with Crippen LogP contribution in [0.25, 0.3) is 0 Å². The largest absolute Gasteiger partial charge is 0.394 e. The van der Waals surface area contributed by atoms with Gasteiger partial charge in [0.25, 0.3) is 0 Å². The summed E-state index contributed by atoms with van der Waals surface area (Å²) in [6.45, 7) is 3.05. The molecule has 0 amide bonds. The lowest BCUT2D eigenvalue weighted by Crippen LogP contribution is -2.24. The van der Waals surface area contributed by atoms with Gasteiger partial charge in [-0.1, -0.05) is 6.07 Å². The van der Waals surface area contributed by atoms with Crippen molar-refractivity contribution < 1.29 is 18.6 Å². The first kappa shape index (κ1) is 14.0. The normalized spacial score (nSPS) is 12.7. The molecule has 0 bridgehead atoms. The first-order valence-corrected chi connectivity index (χ1v) is 5.52. The van der Waals surface area contributed by atoms with Crippen LogP contribution in [0.5, 0.6) is 0 Å². The molecule has 1 rings (SSSR count). The molecule has 0 aliphatic carbocycles. The number of halogens is 2. The molecule has 96 valence electrons. The number of hydrogen-bond donors (Lipinski definition) is 2. The van der Waals surface area contributed by atoms with E-state index in [0.29, 0.717) is 25.3 Å². The maximum atomic E-state index is 13.4. The van der Waals surface area contributed by atoms with Gasteiger partial charge in [0.1, 0.15) is 11.6 Å². The van der Waals surface area contributed by atoms with E-state index in [4.69, 9.17) is 9.84 Å². The predicted molar refractivity (Wildman–Crippen MR) is 60.7 cm³/mol. The van der Waals surface area contributed by atoms with Gasteiger partial charge in [-0.3, -0.25) is 0 Å². The Morgan fingerprint density at radius 2 is 2.12 bits per heavy atom. The van der Waals surface area contributed by atoms with Gasteiger partial charge in [-0.25, -0.2) is 8.78 Å². The van der Waals surface area contributed by atoms with E-state index in [1.165, 1.54) is 12.1 Å².